The summed E-state index contributed by atoms with van der Waals surface area (Å²) in [6.07, 6.45) is 2.17. The molecule has 3 rings (SSSR count). The molecule has 1 N–H and O–H groups in total. The number of pyridine rings is 1. The van der Waals surface area contributed by atoms with E-state index in [4.69, 9.17) is 14.2 Å². The SMILES string of the molecule is CCOC(=O)c1ccc(N2CCN(C(=O)NCCc3cccc(OC)c3OC)CC2)nc1. The molecular weight excluding hydrogens is 412 g/mol. The molecule has 0 saturated carbocycles. The summed E-state index contributed by atoms with van der Waals surface area (Å²) in [5.74, 6) is 1.78. The highest BCUT2D eigenvalue weighted by molar-refractivity contribution is 5.89. The van der Waals surface area contributed by atoms with Crippen LogP contribution < -0.4 is 19.7 Å². The zero-order chi connectivity index (χ0) is 22.9. The first-order chi connectivity index (χ1) is 15.6. The van der Waals surface area contributed by atoms with Crippen LogP contribution in [0.2, 0.25) is 0 Å². The van der Waals surface area contributed by atoms with Gasteiger partial charge in [0.2, 0.25) is 0 Å². The molecule has 0 unspecified atom stereocenters. The van der Waals surface area contributed by atoms with Gasteiger partial charge in [0.05, 0.1) is 26.4 Å². The molecule has 0 aliphatic carbocycles. The first-order valence-electron chi connectivity index (χ1n) is 10.7. The van der Waals surface area contributed by atoms with Gasteiger partial charge < -0.3 is 29.3 Å². The number of amides is 2. The number of methoxy groups -OCH3 is 2. The van der Waals surface area contributed by atoms with Crippen LogP contribution in [-0.2, 0) is 11.2 Å². The highest BCUT2D eigenvalue weighted by Crippen LogP contribution is 2.30. The maximum absolute atomic E-state index is 12.6. The normalized spacial score (nSPS) is 13.5. The van der Waals surface area contributed by atoms with Crippen molar-refractivity contribution < 1.29 is 23.8 Å². The Morgan fingerprint density at radius 1 is 1.06 bits per heavy atom. The number of hydrogen-bond acceptors (Lipinski definition) is 7. The number of carbonyl (C=O) groups excluding carboxylic acids is 2. The maximum atomic E-state index is 12.6. The molecular formula is C23H30N4O5. The molecule has 172 valence electrons. The van der Waals surface area contributed by atoms with Gasteiger partial charge in [-0.05, 0) is 37.1 Å². The highest BCUT2D eigenvalue weighted by atomic mass is 16.5. The first-order valence-corrected chi connectivity index (χ1v) is 10.7. The van der Waals surface area contributed by atoms with E-state index in [0.29, 0.717) is 62.8 Å². The van der Waals surface area contributed by atoms with E-state index in [-0.39, 0.29) is 12.0 Å². The van der Waals surface area contributed by atoms with Crippen molar-refractivity contribution in [2.45, 2.75) is 13.3 Å². The van der Waals surface area contributed by atoms with Crippen LogP contribution in [0, 0.1) is 0 Å². The molecule has 1 fully saturated rings. The fraction of sp³-hybridized carbons (Fsp3) is 0.435. The van der Waals surface area contributed by atoms with Crippen molar-refractivity contribution in [2.24, 2.45) is 0 Å². The lowest BCUT2D eigenvalue weighted by Gasteiger charge is -2.35. The number of aromatic nitrogens is 1. The van der Waals surface area contributed by atoms with Crippen LogP contribution in [-0.4, -0.2) is 75.4 Å². The van der Waals surface area contributed by atoms with Crippen LogP contribution in [0.15, 0.2) is 36.5 Å². The van der Waals surface area contributed by atoms with E-state index >= 15 is 0 Å². The van der Waals surface area contributed by atoms with Crippen molar-refractivity contribution in [1.82, 2.24) is 15.2 Å². The molecule has 0 spiro atoms. The summed E-state index contributed by atoms with van der Waals surface area (Å²) in [4.78, 5) is 32.6. The molecule has 0 atom stereocenters. The van der Waals surface area contributed by atoms with Crippen LogP contribution in [0.1, 0.15) is 22.8 Å². The third kappa shape index (κ3) is 5.60. The van der Waals surface area contributed by atoms with Crippen LogP contribution in [0.5, 0.6) is 11.5 Å². The zero-order valence-corrected chi connectivity index (χ0v) is 18.8. The molecule has 2 heterocycles. The van der Waals surface area contributed by atoms with Crippen molar-refractivity contribution in [3.05, 3.63) is 47.7 Å². The standard InChI is InChI=1S/C23H30N4O5/c1-4-32-22(28)18-8-9-20(25-16-18)26-12-14-27(15-13-26)23(29)24-11-10-17-6-5-7-19(30-2)21(17)31-3/h5-9,16H,4,10-15H2,1-3H3,(H,24,29). The second-order valence-electron chi connectivity index (χ2n) is 7.23. The van der Waals surface area contributed by atoms with Crippen molar-refractivity contribution in [3.63, 3.8) is 0 Å². The van der Waals surface area contributed by atoms with E-state index < -0.39 is 0 Å². The monoisotopic (exact) mass is 442 g/mol. The number of benzene rings is 1. The Bertz CT molecular complexity index is 911. The fourth-order valence-corrected chi connectivity index (χ4v) is 3.61. The highest BCUT2D eigenvalue weighted by Gasteiger charge is 2.22. The Morgan fingerprint density at radius 2 is 1.84 bits per heavy atom. The quantitative estimate of drug-likeness (QED) is 0.627. The molecule has 1 aromatic carbocycles. The van der Waals surface area contributed by atoms with E-state index in [1.54, 1.807) is 32.1 Å². The molecule has 1 saturated heterocycles. The number of nitrogens with zero attached hydrogens (tertiary/aromatic N) is 3. The van der Waals surface area contributed by atoms with E-state index in [1.165, 1.54) is 6.20 Å². The van der Waals surface area contributed by atoms with Crippen molar-refractivity contribution >= 4 is 17.8 Å². The average Bonchev–Trinajstić information content (AvgIpc) is 2.84. The third-order valence-corrected chi connectivity index (χ3v) is 5.30. The fourth-order valence-electron chi connectivity index (χ4n) is 3.61. The Morgan fingerprint density at radius 3 is 2.47 bits per heavy atom. The number of carbonyl (C=O) groups is 2. The molecule has 2 amide bonds. The largest absolute Gasteiger partial charge is 0.493 e. The topological polar surface area (TPSA) is 93.2 Å². The Balaban J connectivity index is 1.46. The third-order valence-electron chi connectivity index (χ3n) is 5.30. The molecule has 0 radical (unpaired) electrons. The minimum absolute atomic E-state index is 0.0860. The number of hydrogen-bond donors (Lipinski definition) is 1. The second-order valence-corrected chi connectivity index (χ2v) is 7.23. The minimum atomic E-state index is -0.375. The first kappa shape index (κ1) is 23.2. The summed E-state index contributed by atoms with van der Waals surface area (Å²) >= 11 is 0. The smallest absolute Gasteiger partial charge is 0.339 e. The molecule has 32 heavy (non-hydrogen) atoms. The number of anilines is 1. The molecule has 9 nitrogen and oxygen atoms in total. The average molecular weight is 443 g/mol. The number of urea groups is 1. The van der Waals surface area contributed by atoms with Gasteiger partial charge in [0.1, 0.15) is 5.82 Å². The molecule has 1 aliphatic rings. The lowest BCUT2D eigenvalue weighted by Crippen LogP contribution is -2.52. The van der Waals surface area contributed by atoms with Gasteiger partial charge in [0, 0.05) is 38.9 Å². The predicted octanol–water partition coefficient (Wildman–Crippen LogP) is 2.35. The van der Waals surface area contributed by atoms with Gasteiger partial charge in [-0.1, -0.05) is 12.1 Å². The predicted molar refractivity (Wildman–Crippen MR) is 121 cm³/mol. The van der Waals surface area contributed by atoms with Gasteiger partial charge in [0.15, 0.2) is 11.5 Å². The zero-order valence-electron chi connectivity index (χ0n) is 18.8. The Labute approximate surface area is 188 Å². The van der Waals surface area contributed by atoms with Crippen LogP contribution in [0.4, 0.5) is 10.6 Å². The number of piperazine rings is 1. The van der Waals surface area contributed by atoms with Crippen molar-refractivity contribution in [3.8, 4) is 11.5 Å². The molecule has 1 aliphatic heterocycles. The molecule has 2 aromatic rings. The van der Waals surface area contributed by atoms with E-state index in [2.05, 4.69) is 15.2 Å². The van der Waals surface area contributed by atoms with Crippen LogP contribution >= 0.6 is 0 Å². The number of esters is 1. The lowest BCUT2D eigenvalue weighted by molar-refractivity contribution is 0.0526. The number of para-hydroxylation sites is 1. The van der Waals surface area contributed by atoms with Gasteiger partial charge in [-0.3, -0.25) is 0 Å². The molecule has 9 heteroatoms. The van der Waals surface area contributed by atoms with E-state index in [0.717, 1.165) is 11.4 Å². The van der Waals surface area contributed by atoms with E-state index in [9.17, 15) is 9.59 Å². The molecule has 1 aromatic heterocycles. The second kappa shape index (κ2) is 11.2. The van der Waals surface area contributed by atoms with Crippen LogP contribution in [0.3, 0.4) is 0 Å². The summed E-state index contributed by atoms with van der Waals surface area (Å²) in [6, 6.07) is 9.16. The number of ether oxygens (including phenoxy) is 3. The van der Waals surface area contributed by atoms with Crippen LogP contribution in [0.25, 0.3) is 0 Å². The minimum Gasteiger partial charge on any atom is -0.493 e. The summed E-state index contributed by atoms with van der Waals surface area (Å²) in [5, 5.41) is 2.98. The van der Waals surface area contributed by atoms with Gasteiger partial charge >= 0.3 is 12.0 Å². The Hall–Kier alpha value is -3.49. The van der Waals surface area contributed by atoms with Gasteiger partial charge in [-0.25, -0.2) is 14.6 Å². The Kier molecular flexibility index (Phi) is 8.13. The summed E-state index contributed by atoms with van der Waals surface area (Å²) in [7, 11) is 3.21. The van der Waals surface area contributed by atoms with Gasteiger partial charge in [-0.2, -0.15) is 0 Å². The van der Waals surface area contributed by atoms with Crippen molar-refractivity contribution in [1.29, 1.82) is 0 Å². The maximum Gasteiger partial charge on any atom is 0.339 e. The number of rotatable bonds is 8. The summed E-state index contributed by atoms with van der Waals surface area (Å²) in [5.41, 5.74) is 1.41. The summed E-state index contributed by atoms with van der Waals surface area (Å²) < 4.78 is 15.7. The van der Waals surface area contributed by atoms with Crippen molar-refractivity contribution in [2.75, 3.05) is 58.5 Å². The van der Waals surface area contributed by atoms with Gasteiger partial charge in [-0.15, -0.1) is 0 Å². The lowest BCUT2D eigenvalue weighted by atomic mass is 10.1. The van der Waals surface area contributed by atoms with E-state index in [1.807, 2.05) is 24.3 Å². The summed E-state index contributed by atoms with van der Waals surface area (Å²) in [6.45, 7) is 5.12. The number of nitrogens with one attached hydrogen (secondary N) is 1. The van der Waals surface area contributed by atoms with Gasteiger partial charge in [0.25, 0.3) is 0 Å². The molecule has 0 bridgehead atoms.